The summed E-state index contributed by atoms with van der Waals surface area (Å²) in [6, 6.07) is 21.6. The number of rotatable bonds is 5. The van der Waals surface area contributed by atoms with Crippen molar-refractivity contribution in [3.05, 3.63) is 94.0 Å². The summed E-state index contributed by atoms with van der Waals surface area (Å²) in [4.78, 5) is 5.00. The summed E-state index contributed by atoms with van der Waals surface area (Å²) >= 11 is 6.08. The molecule has 0 radical (unpaired) electrons. The van der Waals surface area contributed by atoms with E-state index in [2.05, 4.69) is 36.5 Å². The highest BCUT2D eigenvalue weighted by Gasteiger charge is 2.28. The number of aromatic hydroxyl groups is 1. The minimum Gasteiger partial charge on any atom is -0.504 e. The van der Waals surface area contributed by atoms with Gasteiger partial charge in [0.1, 0.15) is 6.17 Å². The van der Waals surface area contributed by atoms with Gasteiger partial charge < -0.3 is 9.84 Å². The lowest BCUT2D eigenvalue weighted by Crippen LogP contribution is -2.33. The van der Waals surface area contributed by atoms with Crippen molar-refractivity contribution < 1.29 is 9.84 Å². The average molecular weight is 421 g/mol. The van der Waals surface area contributed by atoms with Crippen LogP contribution in [0.15, 0.2) is 71.7 Å². The topological polar surface area (TPSA) is 53.8 Å². The highest BCUT2D eigenvalue weighted by molar-refractivity contribution is 6.30. The summed E-state index contributed by atoms with van der Waals surface area (Å²) in [5.74, 6) is 0.677. The number of benzene rings is 3. The zero-order valence-electron chi connectivity index (χ0n) is 17.1. The summed E-state index contributed by atoms with van der Waals surface area (Å²) < 4.78 is 5.59. The van der Waals surface area contributed by atoms with Crippen LogP contribution in [-0.4, -0.2) is 17.4 Å². The molecule has 0 spiro atoms. The van der Waals surface area contributed by atoms with Gasteiger partial charge in [-0.1, -0.05) is 65.7 Å². The van der Waals surface area contributed by atoms with Crippen LogP contribution in [0.25, 0.3) is 0 Å². The number of para-hydroxylation sites is 1. The first-order valence-corrected chi connectivity index (χ1v) is 10.5. The average Bonchev–Trinajstić information content (AvgIpc) is 2.76. The molecule has 2 atom stereocenters. The molecule has 0 fully saturated rings. The Hall–Kier alpha value is -2.82. The van der Waals surface area contributed by atoms with Gasteiger partial charge in [-0.3, -0.25) is 10.3 Å². The normalized spacial score (nSPS) is 18.7. The van der Waals surface area contributed by atoms with Crippen molar-refractivity contribution in [1.82, 2.24) is 5.32 Å². The van der Waals surface area contributed by atoms with Gasteiger partial charge in [0.25, 0.3) is 0 Å². The maximum Gasteiger partial charge on any atom is 0.162 e. The Labute approximate surface area is 182 Å². The predicted molar refractivity (Wildman–Crippen MR) is 122 cm³/mol. The van der Waals surface area contributed by atoms with Crippen LogP contribution in [0.3, 0.4) is 0 Å². The Morgan fingerprint density at radius 1 is 1.07 bits per heavy atom. The Morgan fingerprint density at radius 2 is 1.80 bits per heavy atom. The summed E-state index contributed by atoms with van der Waals surface area (Å²) in [6.45, 7) is 4.48. The third-order valence-electron chi connectivity index (χ3n) is 5.32. The number of nitrogens with zero attached hydrogens (tertiary/aromatic N) is 1. The highest BCUT2D eigenvalue weighted by Crippen LogP contribution is 2.39. The number of aryl methyl sites for hydroxylation is 1. The monoisotopic (exact) mass is 420 g/mol. The summed E-state index contributed by atoms with van der Waals surface area (Å²) in [6.07, 6.45) is 0.429. The molecule has 30 heavy (non-hydrogen) atoms. The zero-order valence-corrected chi connectivity index (χ0v) is 17.9. The van der Waals surface area contributed by atoms with Gasteiger partial charge in [-0.05, 0) is 43.2 Å². The van der Waals surface area contributed by atoms with E-state index in [1.807, 2.05) is 43.3 Å². The second kappa shape index (κ2) is 8.90. The molecule has 4 rings (SSSR count). The second-order valence-corrected chi connectivity index (χ2v) is 7.88. The lowest BCUT2D eigenvalue weighted by molar-refractivity contribution is 0.313. The molecule has 0 saturated carbocycles. The van der Waals surface area contributed by atoms with Gasteiger partial charge in [-0.2, -0.15) is 0 Å². The van der Waals surface area contributed by atoms with E-state index in [1.54, 1.807) is 6.07 Å². The Bertz CT molecular complexity index is 1050. The van der Waals surface area contributed by atoms with E-state index in [4.69, 9.17) is 21.3 Å². The molecule has 3 aromatic carbocycles. The van der Waals surface area contributed by atoms with Crippen molar-refractivity contribution >= 4 is 17.3 Å². The quantitative estimate of drug-likeness (QED) is 0.534. The first kappa shape index (κ1) is 20.5. The van der Waals surface area contributed by atoms with Crippen LogP contribution in [0.5, 0.6) is 11.5 Å². The van der Waals surface area contributed by atoms with Crippen molar-refractivity contribution in [1.29, 1.82) is 0 Å². The zero-order chi connectivity index (χ0) is 21.1. The van der Waals surface area contributed by atoms with Crippen molar-refractivity contribution in [3.8, 4) is 11.5 Å². The fourth-order valence-electron chi connectivity index (χ4n) is 3.74. The van der Waals surface area contributed by atoms with Crippen LogP contribution in [-0.2, 0) is 0 Å². The number of aliphatic imine (C=N–C) groups is 1. The molecule has 154 valence electrons. The first-order chi connectivity index (χ1) is 14.5. The van der Waals surface area contributed by atoms with Crippen LogP contribution in [0.1, 0.15) is 47.8 Å². The smallest absolute Gasteiger partial charge is 0.162 e. The number of phenolic OH excluding ortho intramolecular Hbond substituents is 1. The molecule has 0 saturated heterocycles. The number of phenols is 1. The van der Waals surface area contributed by atoms with Gasteiger partial charge >= 0.3 is 0 Å². The molecule has 0 amide bonds. The van der Waals surface area contributed by atoms with E-state index in [9.17, 15) is 5.11 Å². The maximum absolute atomic E-state index is 10.8. The SMILES string of the molecule is CCOc1cccc([C@H]2CC(c3ccc(Cl)cc3)=N[C@@H](c3ccc(C)cc3)N2)c1O. The van der Waals surface area contributed by atoms with Gasteiger partial charge in [0.2, 0.25) is 0 Å². The van der Waals surface area contributed by atoms with Crippen LogP contribution < -0.4 is 10.1 Å². The van der Waals surface area contributed by atoms with E-state index in [1.165, 1.54) is 5.56 Å². The minimum absolute atomic E-state index is 0.111. The molecule has 1 aliphatic heterocycles. The molecule has 0 bridgehead atoms. The van der Waals surface area contributed by atoms with Gasteiger partial charge in [0.15, 0.2) is 11.5 Å². The van der Waals surface area contributed by atoms with E-state index in [-0.39, 0.29) is 18.0 Å². The lowest BCUT2D eigenvalue weighted by Gasteiger charge is -2.31. The fourth-order valence-corrected chi connectivity index (χ4v) is 3.86. The third kappa shape index (κ3) is 4.35. The van der Waals surface area contributed by atoms with Gasteiger partial charge in [0.05, 0.1) is 6.61 Å². The van der Waals surface area contributed by atoms with Crippen LogP contribution >= 0.6 is 11.6 Å². The Balaban J connectivity index is 1.74. The number of hydrogen-bond donors (Lipinski definition) is 2. The molecule has 5 heteroatoms. The van der Waals surface area contributed by atoms with Crippen molar-refractivity contribution in [2.75, 3.05) is 6.61 Å². The predicted octanol–water partition coefficient (Wildman–Crippen LogP) is 5.98. The molecule has 4 nitrogen and oxygen atoms in total. The van der Waals surface area contributed by atoms with Crippen molar-refractivity contribution in [2.45, 2.75) is 32.5 Å². The molecular formula is C25H25ClN2O2. The van der Waals surface area contributed by atoms with Crippen LogP contribution in [0.4, 0.5) is 0 Å². The molecule has 0 aliphatic carbocycles. The Kier molecular flexibility index (Phi) is 6.07. The molecule has 3 aromatic rings. The fraction of sp³-hybridized carbons (Fsp3) is 0.240. The second-order valence-electron chi connectivity index (χ2n) is 7.45. The van der Waals surface area contributed by atoms with Gasteiger partial charge in [-0.15, -0.1) is 0 Å². The largest absolute Gasteiger partial charge is 0.504 e. The maximum atomic E-state index is 10.8. The highest BCUT2D eigenvalue weighted by atomic mass is 35.5. The van der Waals surface area contributed by atoms with Crippen LogP contribution in [0.2, 0.25) is 5.02 Å². The molecule has 2 N–H and O–H groups in total. The number of hydrogen-bond acceptors (Lipinski definition) is 4. The van der Waals surface area contributed by atoms with Gasteiger partial charge in [-0.25, -0.2) is 0 Å². The van der Waals surface area contributed by atoms with Crippen molar-refractivity contribution in [3.63, 3.8) is 0 Å². The van der Waals surface area contributed by atoms with Crippen molar-refractivity contribution in [2.24, 2.45) is 4.99 Å². The minimum atomic E-state index is -0.217. The third-order valence-corrected chi connectivity index (χ3v) is 5.57. The summed E-state index contributed by atoms with van der Waals surface area (Å²) in [5, 5.41) is 15.1. The molecule has 1 heterocycles. The Morgan fingerprint density at radius 3 is 2.50 bits per heavy atom. The standard InChI is InChI=1S/C25H25ClN2O2/c1-3-30-23-6-4-5-20(24(23)29)22-15-21(17-11-13-19(26)14-12-17)27-25(28-22)18-9-7-16(2)8-10-18/h4-14,22,25,28-29H,3,15H2,1-2H3/t22-,25-/m1/s1. The number of nitrogens with one attached hydrogen (secondary N) is 1. The summed E-state index contributed by atoms with van der Waals surface area (Å²) in [5.41, 5.74) is 5.09. The van der Waals surface area contributed by atoms with E-state index in [0.717, 1.165) is 22.4 Å². The molecule has 0 unspecified atom stereocenters. The summed E-state index contributed by atoms with van der Waals surface area (Å²) in [7, 11) is 0. The van der Waals surface area contributed by atoms with E-state index in [0.29, 0.717) is 23.8 Å². The van der Waals surface area contributed by atoms with Gasteiger partial charge in [0, 0.05) is 28.8 Å². The molecular weight excluding hydrogens is 396 g/mol. The van der Waals surface area contributed by atoms with E-state index >= 15 is 0 Å². The molecule has 0 aromatic heterocycles. The van der Waals surface area contributed by atoms with Crippen LogP contribution in [0, 0.1) is 6.92 Å². The number of ether oxygens (including phenoxy) is 1. The number of halogens is 1. The molecule has 1 aliphatic rings. The van der Waals surface area contributed by atoms with E-state index < -0.39 is 0 Å². The lowest BCUT2D eigenvalue weighted by atomic mass is 9.93. The first-order valence-electron chi connectivity index (χ1n) is 10.1.